The van der Waals surface area contributed by atoms with Crippen molar-refractivity contribution >= 4 is 23.2 Å². The second-order valence-corrected chi connectivity index (χ2v) is 6.21. The summed E-state index contributed by atoms with van der Waals surface area (Å²) in [5, 5.41) is 13.6. The number of carbonyl (C=O) groups is 1. The maximum Gasteiger partial charge on any atom is 0.225 e. The first-order valence-electron chi connectivity index (χ1n) is 6.89. The average molecular weight is 297 g/mol. The second kappa shape index (κ2) is 6.12. The minimum atomic E-state index is -0.580. The Labute approximate surface area is 124 Å². The third kappa shape index (κ3) is 3.72. The van der Waals surface area contributed by atoms with E-state index in [1.54, 1.807) is 18.2 Å². The van der Waals surface area contributed by atoms with Gasteiger partial charge in [0.15, 0.2) is 0 Å². The van der Waals surface area contributed by atoms with E-state index in [9.17, 15) is 9.90 Å². The van der Waals surface area contributed by atoms with Gasteiger partial charge in [0.25, 0.3) is 0 Å². The molecular weight excluding hydrogens is 276 g/mol. The predicted molar refractivity (Wildman–Crippen MR) is 80.9 cm³/mol. The number of β-amino-alcohol motifs (C(OH)–C–C–N with tert-alkyl or cyclic N) is 1. The number of rotatable bonds is 5. The van der Waals surface area contributed by atoms with Crippen LogP contribution in [0.25, 0.3) is 0 Å². The number of nitrogens with zero attached hydrogens (tertiary/aromatic N) is 1. The molecule has 0 spiro atoms. The van der Waals surface area contributed by atoms with Crippen LogP contribution in [0.15, 0.2) is 24.3 Å². The van der Waals surface area contributed by atoms with Crippen LogP contribution in [0.4, 0.5) is 5.69 Å². The van der Waals surface area contributed by atoms with E-state index in [2.05, 4.69) is 10.2 Å². The van der Waals surface area contributed by atoms with Gasteiger partial charge in [0.1, 0.15) is 0 Å². The molecule has 110 valence electrons. The van der Waals surface area contributed by atoms with Crippen molar-refractivity contribution in [3.8, 4) is 0 Å². The second-order valence-electron chi connectivity index (χ2n) is 5.78. The Kier molecular flexibility index (Phi) is 4.68. The molecule has 1 heterocycles. The van der Waals surface area contributed by atoms with Gasteiger partial charge in [-0.3, -0.25) is 9.69 Å². The summed E-state index contributed by atoms with van der Waals surface area (Å²) in [6.07, 6.45) is 0.417. The molecule has 0 unspecified atom stereocenters. The molecule has 0 aliphatic carbocycles. The van der Waals surface area contributed by atoms with Crippen LogP contribution in [0.2, 0.25) is 5.02 Å². The fraction of sp³-hybridized carbons (Fsp3) is 0.533. The third-order valence-corrected chi connectivity index (χ3v) is 4.07. The first kappa shape index (κ1) is 15.3. The topological polar surface area (TPSA) is 52.6 Å². The van der Waals surface area contributed by atoms with Gasteiger partial charge in [-0.2, -0.15) is 0 Å². The summed E-state index contributed by atoms with van der Waals surface area (Å²) in [5.41, 5.74) is 0.133. The Bertz CT molecular complexity index is 485. The number of anilines is 1. The molecule has 1 aliphatic rings. The molecule has 5 heteroatoms. The number of hydrogen-bond donors (Lipinski definition) is 2. The van der Waals surface area contributed by atoms with Gasteiger partial charge in [-0.15, -0.1) is 0 Å². The zero-order valence-corrected chi connectivity index (χ0v) is 12.7. The van der Waals surface area contributed by atoms with Crippen molar-refractivity contribution in [2.24, 2.45) is 5.92 Å². The SMILES string of the molecule is CC(C)C1(O)CN(CCC(=O)Nc2cccc(Cl)c2)C1. The first-order valence-corrected chi connectivity index (χ1v) is 7.27. The van der Waals surface area contributed by atoms with Crippen LogP contribution in [0.3, 0.4) is 0 Å². The summed E-state index contributed by atoms with van der Waals surface area (Å²) in [5.74, 6) is 0.214. The molecule has 0 atom stereocenters. The fourth-order valence-electron chi connectivity index (χ4n) is 2.30. The van der Waals surface area contributed by atoms with Gasteiger partial charge in [-0.05, 0) is 24.1 Å². The molecule has 4 nitrogen and oxygen atoms in total. The van der Waals surface area contributed by atoms with Crippen molar-refractivity contribution in [1.29, 1.82) is 0 Å². The van der Waals surface area contributed by atoms with Crippen LogP contribution in [0, 0.1) is 5.92 Å². The maximum absolute atomic E-state index is 11.8. The van der Waals surface area contributed by atoms with Gasteiger partial charge in [0.05, 0.1) is 5.60 Å². The zero-order valence-electron chi connectivity index (χ0n) is 11.9. The van der Waals surface area contributed by atoms with Gasteiger partial charge in [0.2, 0.25) is 5.91 Å². The van der Waals surface area contributed by atoms with E-state index in [4.69, 9.17) is 11.6 Å². The molecule has 0 aromatic heterocycles. The lowest BCUT2D eigenvalue weighted by atomic mass is 9.83. The van der Waals surface area contributed by atoms with Crippen molar-refractivity contribution in [2.45, 2.75) is 25.9 Å². The van der Waals surface area contributed by atoms with Crippen LogP contribution in [0.1, 0.15) is 20.3 Å². The van der Waals surface area contributed by atoms with Crippen molar-refractivity contribution in [3.63, 3.8) is 0 Å². The molecule has 1 aromatic carbocycles. The Morgan fingerprint density at radius 2 is 2.20 bits per heavy atom. The third-order valence-electron chi connectivity index (χ3n) is 3.83. The largest absolute Gasteiger partial charge is 0.387 e. The monoisotopic (exact) mass is 296 g/mol. The molecule has 0 radical (unpaired) electrons. The highest BCUT2D eigenvalue weighted by atomic mass is 35.5. The van der Waals surface area contributed by atoms with Gasteiger partial charge < -0.3 is 10.4 Å². The number of carbonyl (C=O) groups excluding carboxylic acids is 1. The number of halogens is 1. The molecular formula is C15H21ClN2O2. The minimum Gasteiger partial charge on any atom is -0.387 e. The predicted octanol–water partition coefficient (Wildman–Crippen LogP) is 2.37. The molecule has 1 amide bonds. The number of aliphatic hydroxyl groups is 1. The highest BCUT2D eigenvalue weighted by Gasteiger charge is 2.43. The molecule has 1 fully saturated rings. The Morgan fingerprint density at radius 1 is 1.50 bits per heavy atom. The number of amides is 1. The first-order chi connectivity index (χ1) is 9.39. The summed E-state index contributed by atoms with van der Waals surface area (Å²) in [7, 11) is 0. The molecule has 1 saturated heterocycles. The molecule has 1 aromatic rings. The van der Waals surface area contributed by atoms with Crippen LogP contribution in [0.5, 0.6) is 0 Å². The van der Waals surface area contributed by atoms with E-state index in [0.29, 0.717) is 36.8 Å². The lowest BCUT2D eigenvalue weighted by molar-refractivity contribution is -0.132. The number of benzene rings is 1. The van der Waals surface area contributed by atoms with Crippen molar-refractivity contribution in [3.05, 3.63) is 29.3 Å². The quantitative estimate of drug-likeness (QED) is 0.877. The van der Waals surface area contributed by atoms with E-state index < -0.39 is 5.60 Å². The van der Waals surface area contributed by atoms with E-state index in [-0.39, 0.29) is 11.8 Å². The average Bonchev–Trinajstić information content (AvgIpc) is 2.33. The highest BCUT2D eigenvalue weighted by Crippen LogP contribution is 2.28. The van der Waals surface area contributed by atoms with Crippen molar-refractivity contribution in [2.75, 3.05) is 25.0 Å². The molecule has 1 aliphatic heterocycles. The van der Waals surface area contributed by atoms with Gasteiger partial charge in [-0.25, -0.2) is 0 Å². The molecule has 2 N–H and O–H groups in total. The van der Waals surface area contributed by atoms with Crippen LogP contribution < -0.4 is 5.32 Å². The van der Waals surface area contributed by atoms with E-state index in [1.807, 2.05) is 19.9 Å². The number of likely N-dealkylation sites (tertiary alicyclic amines) is 1. The van der Waals surface area contributed by atoms with Crippen LogP contribution in [-0.4, -0.2) is 41.1 Å². The number of nitrogens with one attached hydrogen (secondary N) is 1. The maximum atomic E-state index is 11.8. The standard InChI is InChI=1S/C15H21ClN2O2/c1-11(2)15(20)9-18(10-15)7-6-14(19)17-13-5-3-4-12(16)8-13/h3-5,8,11,20H,6-7,9-10H2,1-2H3,(H,17,19). The van der Waals surface area contributed by atoms with E-state index in [1.165, 1.54) is 0 Å². The van der Waals surface area contributed by atoms with Crippen LogP contribution >= 0.6 is 11.6 Å². The number of hydrogen-bond acceptors (Lipinski definition) is 3. The fourth-order valence-corrected chi connectivity index (χ4v) is 2.49. The summed E-state index contributed by atoms with van der Waals surface area (Å²) in [6, 6.07) is 7.10. The normalized spacial score (nSPS) is 17.9. The Hall–Kier alpha value is -1.10. The molecule has 0 saturated carbocycles. The van der Waals surface area contributed by atoms with E-state index >= 15 is 0 Å². The molecule has 2 rings (SSSR count). The summed E-state index contributed by atoms with van der Waals surface area (Å²) >= 11 is 5.86. The Morgan fingerprint density at radius 3 is 2.80 bits per heavy atom. The summed E-state index contributed by atoms with van der Waals surface area (Å²) < 4.78 is 0. The van der Waals surface area contributed by atoms with Crippen LogP contribution in [-0.2, 0) is 4.79 Å². The van der Waals surface area contributed by atoms with Gasteiger partial charge >= 0.3 is 0 Å². The lowest BCUT2D eigenvalue weighted by Crippen LogP contribution is -2.64. The van der Waals surface area contributed by atoms with Gasteiger partial charge in [0, 0.05) is 36.8 Å². The Balaban J connectivity index is 1.72. The lowest BCUT2D eigenvalue weighted by Gasteiger charge is -2.49. The summed E-state index contributed by atoms with van der Waals surface area (Å²) in [4.78, 5) is 13.9. The van der Waals surface area contributed by atoms with Crippen molar-refractivity contribution in [1.82, 2.24) is 4.90 Å². The van der Waals surface area contributed by atoms with Gasteiger partial charge in [-0.1, -0.05) is 31.5 Å². The minimum absolute atomic E-state index is 0.0350. The zero-order chi connectivity index (χ0) is 14.8. The van der Waals surface area contributed by atoms with E-state index in [0.717, 1.165) is 0 Å². The smallest absolute Gasteiger partial charge is 0.225 e. The molecule has 20 heavy (non-hydrogen) atoms. The summed E-state index contributed by atoms with van der Waals surface area (Å²) in [6.45, 7) is 6.00. The highest BCUT2D eigenvalue weighted by molar-refractivity contribution is 6.30. The molecule has 0 bridgehead atoms. The van der Waals surface area contributed by atoms with Crippen molar-refractivity contribution < 1.29 is 9.90 Å².